The number of aromatic nitrogens is 2. The summed E-state index contributed by atoms with van der Waals surface area (Å²) in [7, 11) is -1.98. The maximum absolute atomic E-state index is 13.0. The van der Waals surface area contributed by atoms with Gasteiger partial charge in [0.1, 0.15) is 14.8 Å². The average molecular weight is 459 g/mol. The topological polar surface area (TPSA) is 84.3 Å². The van der Waals surface area contributed by atoms with E-state index < -0.39 is 10.0 Å². The van der Waals surface area contributed by atoms with E-state index in [0.29, 0.717) is 27.0 Å². The fourth-order valence-corrected chi connectivity index (χ4v) is 6.01. The summed E-state index contributed by atoms with van der Waals surface area (Å²) in [6, 6.07) is 7.13. The number of likely N-dealkylation sites (tertiary alicyclic amines) is 1. The van der Waals surface area contributed by atoms with Gasteiger partial charge in [-0.2, -0.15) is 0 Å². The number of amides is 1. The summed E-state index contributed by atoms with van der Waals surface area (Å²) < 4.78 is 30.5. The van der Waals surface area contributed by atoms with Gasteiger partial charge < -0.3 is 9.47 Å². The fourth-order valence-electron chi connectivity index (χ4n) is 3.73. The summed E-state index contributed by atoms with van der Waals surface area (Å²) >= 11 is 1.32. The lowest BCUT2D eigenvalue weighted by Crippen LogP contribution is -2.27. The number of anilines is 1. The molecule has 9 heteroatoms. The van der Waals surface area contributed by atoms with E-state index >= 15 is 0 Å². The SMILES string of the molecule is Cc1cccc(NS(=O)(=O)c2cc(-c3nc(C)c(C(=O)N4CCCC4)s3)n(C)c2)c1C. The first-order chi connectivity index (χ1) is 14.7. The molecule has 7 nitrogen and oxygen atoms in total. The molecule has 0 bridgehead atoms. The molecule has 0 spiro atoms. The Morgan fingerprint density at radius 1 is 1.16 bits per heavy atom. The van der Waals surface area contributed by atoms with Gasteiger partial charge in [-0.15, -0.1) is 11.3 Å². The molecule has 164 valence electrons. The number of aryl methyl sites for hydroxylation is 3. The molecule has 1 fully saturated rings. The largest absolute Gasteiger partial charge is 0.347 e. The van der Waals surface area contributed by atoms with E-state index in [0.717, 1.165) is 37.1 Å². The first-order valence-corrected chi connectivity index (χ1v) is 12.5. The second-order valence-corrected chi connectivity index (χ2v) is 10.6. The van der Waals surface area contributed by atoms with Crippen LogP contribution in [0.2, 0.25) is 0 Å². The highest BCUT2D eigenvalue weighted by Crippen LogP contribution is 2.32. The van der Waals surface area contributed by atoms with Crippen molar-refractivity contribution in [2.75, 3.05) is 17.8 Å². The molecule has 0 radical (unpaired) electrons. The van der Waals surface area contributed by atoms with Gasteiger partial charge in [-0.25, -0.2) is 13.4 Å². The van der Waals surface area contributed by atoms with Crippen LogP contribution < -0.4 is 4.72 Å². The van der Waals surface area contributed by atoms with Gasteiger partial charge in [0.15, 0.2) is 0 Å². The van der Waals surface area contributed by atoms with Gasteiger partial charge in [0.25, 0.3) is 15.9 Å². The van der Waals surface area contributed by atoms with Crippen LogP contribution in [0.1, 0.15) is 39.3 Å². The van der Waals surface area contributed by atoms with E-state index in [1.165, 1.54) is 11.3 Å². The summed E-state index contributed by atoms with van der Waals surface area (Å²) in [4.78, 5) is 20.0. The zero-order chi connectivity index (χ0) is 22.3. The van der Waals surface area contributed by atoms with Crippen molar-refractivity contribution in [1.82, 2.24) is 14.5 Å². The van der Waals surface area contributed by atoms with Crippen molar-refractivity contribution in [1.29, 1.82) is 0 Å². The molecule has 1 aliphatic rings. The number of hydrogen-bond donors (Lipinski definition) is 1. The van der Waals surface area contributed by atoms with Gasteiger partial charge in [-0.05, 0) is 56.9 Å². The molecule has 4 rings (SSSR count). The number of carbonyl (C=O) groups excluding carboxylic acids is 1. The van der Waals surface area contributed by atoms with E-state index in [1.807, 2.05) is 37.8 Å². The van der Waals surface area contributed by atoms with E-state index in [4.69, 9.17) is 0 Å². The first-order valence-electron chi connectivity index (χ1n) is 10.2. The Morgan fingerprint density at radius 3 is 2.58 bits per heavy atom. The Hall–Kier alpha value is -2.65. The zero-order valence-corrected chi connectivity index (χ0v) is 19.7. The molecule has 1 N–H and O–H groups in total. The Morgan fingerprint density at radius 2 is 1.87 bits per heavy atom. The van der Waals surface area contributed by atoms with Gasteiger partial charge in [0.05, 0.1) is 17.1 Å². The summed E-state index contributed by atoms with van der Waals surface area (Å²) in [5, 5.41) is 0.635. The molecular formula is C22H26N4O3S2. The molecule has 1 aromatic carbocycles. The van der Waals surface area contributed by atoms with Crippen LogP contribution in [0, 0.1) is 20.8 Å². The van der Waals surface area contributed by atoms with Crippen molar-refractivity contribution in [2.45, 2.75) is 38.5 Å². The highest BCUT2D eigenvalue weighted by Gasteiger charge is 2.26. The van der Waals surface area contributed by atoms with Crippen LogP contribution in [0.15, 0.2) is 35.4 Å². The summed E-state index contributed by atoms with van der Waals surface area (Å²) in [5.41, 5.74) is 3.81. The van der Waals surface area contributed by atoms with Crippen LogP contribution in [-0.4, -0.2) is 41.9 Å². The third-order valence-corrected chi connectivity index (χ3v) is 8.24. The zero-order valence-electron chi connectivity index (χ0n) is 18.1. The molecule has 1 saturated heterocycles. The smallest absolute Gasteiger partial charge is 0.265 e. The normalized spacial score (nSPS) is 14.3. The Bertz CT molecular complexity index is 1250. The second-order valence-electron chi connectivity index (χ2n) is 7.96. The van der Waals surface area contributed by atoms with Crippen molar-refractivity contribution in [2.24, 2.45) is 7.05 Å². The Balaban J connectivity index is 1.64. The van der Waals surface area contributed by atoms with Gasteiger partial charge in [0.2, 0.25) is 0 Å². The van der Waals surface area contributed by atoms with Crippen LogP contribution in [-0.2, 0) is 17.1 Å². The van der Waals surface area contributed by atoms with Gasteiger partial charge in [0, 0.05) is 26.3 Å². The number of thiazole rings is 1. The first kappa shape index (κ1) is 21.6. The quantitative estimate of drug-likeness (QED) is 0.624. The lowest BCUT2D eigenvalue weighted by molar-refractivity contribution is 0.0796. The third kappa shape index (κ3) is 4.12. The minimum atomic E-state index is -3.76. The number of benzene rings is 1. The predicted octanol–water partition coefficient (Wildman–Crippen LogP) is 4.11. The number of nitrogens with one attached hydrogen (secondary N) is 1. The van der Waals surface area contributed by atoms with Crippen LogP contribution in [0.3, 0.4) is 0 Å². The molecule has 0 atom stereocenters. The molecule has 3 heterocycles. The van der Waals surface area contributed by atoms with Crippen molar-refractivity contribution in [3.8, 4) is 10.7 Å². The van der Waals surface area contributed by atoms with E-state index in [1.54, 1.807) is 29.9 Å². The number of hydrogen-bond acceptors (Lipinski definition) is 5. The van der Waals surface area contributed by atoms with E-state index in [-0.39, 0.29) is 10.8 Å². The van der Waals surface area contributed by atoms with Crippen LogP contribution >= 0.6 is 11.3 Å². The Kier molecular flexibility index (Phi) is 5.65. The van der Waals surface area contributed by atoms with Gasteiger partial charge >= 0.3 is 0 Å². The summed E-state index contributed by atoms with van der Waals surface area (Å²) in [6.45, 7) is 7.22. The molecule has 0 aliphatic carbocycles. The predicted molar refractivity (Wildman–Crippen MR) is 123 cm³/mol. The molecule has 2 aromatic heterocycles. The van der Waals surface area contributed by atoms with E-state index in [2.05, 4.69) is 9.71 Å². The molecule has 1 amide bonds. The number of carbonyl (C=O) groups is 1. The van der Waals surface area contributed by atoms with Gasteiger partial charge in [-0.1, -0.05) is 12.1 Å². The standard InChI is InChI=1S/C22H26N4O3S2/c1-14-8-7-9-18(15(14)2)24-31(28,29)17-12-19(25(4)13-17)21-23-16(3)20(30-21)22(27)26-10-5-6-11-26/h7-9,12-13,24H,5-6,10-11H2,1-4H3. The highest BCUT2D eigenvalue weighted by molar-refractivity contribution is 7.92. The lowest BCUT2D eigenvalue weighted by atomic mass is 10.1. The molecule has 31 heavy (non-hydrogen) atoms. The summed E-state index contributed by atoms with van der Waals surface area (Å²) in [5.74, 6) is 0.0115. The van der Waals surface area contributed by atoms with Crippen LogP contribution in [0.5, 0.6) is 0 Å². The average Bonchev–Trinajstić information content (AvgIpc) is 3.45. The maximum atomic E-state index is 13.0. The molecular weight excluding hydrogens is 432 g/mol. The van der Waals surface area contributed by atoms with Crippen molar-refractivity contribution >= 4 is 33.0 Å². The second kappa shape index (κ2) is 8.12. The highest BCUT2D eigenvalue weighted by atomic mass is 32.2. The molecule has 0 unspecified atom stereocenters. The monoisotopic (exact) mass is 458 g/mol. The fraction of sp³-hybridized carbons (Fsp3) is 0.364. The Labute approximate surface area is 186 Å². The summed E-state index contributed by atoms with van der Waals surface area (Å²) in [6.07, 6.45) is 3.63. The number of sulfonamides is 1. The minimum absolute atomic E-state index is 0.0115. The van der Waals surface area contributed by atoms with Crippen molar-refractivity contribution in [3.05, 3.63) is 52.2 Å². The van der Waals surface area contributed by atoms with Crippen LogP contribution in [0.25, 0.3) is 10.7 Å². The molecule has 3 aromatic rings. The maximum Gasteiger partial charge on any atom is 0.265 e. The van der Waals surface area contributed by atoms with Crippen molar-refractivity contribution in [3.63, 3.8) is 0 Å². The minimum Gasteiger partial charge on any atom is -0.347 e. The number of rotatable bonds is 5. The third-order valence-electron chi connectivity index (χ3n) is 5.74. The van der Waals surface area contributed by atoms with Crippen LogP contribution in [0.4, 0.5) is 5.69 Å². The van der Waals surface area contributed by atoms with Gasteiger partial charge in [-0.3, -0.25) is 9.52 Å². The number of nitrogens with zero attached hydrogens (tertiary/aromatic N) is 3. The van der Waals surface area contributed by atoms with Crippen molar-refractivity contribution < 1.29 is 13.2 Å². The molecule has 1 aliphatic heterocycles. The lowest BCUT2D eigenvalue weighted by Gasteiger charge is -2.13. The molecule has 0 saturated carbocycles. The van der Waals surface area contributed by atoms with E-state index in [9.17, 15) is 13.2 Å².